The Morgan fingerprint density at radius 2 is 2.22 bits per heavy atom. The molecule has 0 bridgehead atoms. The molecule has 2 heterocycles. The molecule has 0 aromatic rings. The summed E-state index contributed by atoms with van der Waals surface area (Å²) in [4.78, 5) is 2.28. The molecular weight excluding hydrogens is 228 g/mol. The van der Waals surface area contributed by atoms with Crippen LogP contribution in [-0.4, -0.2) is 63.5 Å². The number of rotatable bonds is 5. The van der Waals surface area contributed by atoms with Crippen LogP contribution in [0.15, 0.2) is 0 Å². The monoisotopic (exact) mass is 256 g/mol. The molecule has 1 spiro atoms. The van der Waals surface area contributed by atoms with Crippen LogP contribution in [0.5, 0.6) is 0 Å². The first kappa shape index (κ1) is 14.3. The normalized spacial score (nSPS) is 34.3. The van der Waals surface area contributed by atoms with Gasteiger partial charge in [0.05, 0.1) is 12.2 Å². The van der Waals surface area contributed by atoms with Gasteiger partial charge in [0.1, 0.15) is 0 Å². The van der Waals surface area contributed by atoms with Gasteiger partial charge >= 0.3 is 0 Å². The Kier molecular flexibility index (Phi) is 5.01. The number of hydrogen-bond acceptors (Lipinski definition) is 4. The van der Waals surface area contributed by atoms with Gasteiger partial charge in [-0.1, -0.05) is 6.92 Å². The molecule has 2 fully saturated rings. The Morgan fingerprint density at radius 1 is 1.39 bits per heavy atom. The van der Waals surface area contributed by atoms with Gasteiger partial charge in [-0.05, 0) is 39.4 Å². The average Bonchev–Trinajstić information content (AvgIpc) is 2.76. The minimum Gasteiger partial charge on any atom is -0.378 e. The quantitative estimate of drug-likeness (QED) is 0.799. The number of nitrogens with one attached hydrogen (secondary N) is 1. The van der Waals surface area contributed by atoms with E-state index < -0.39 is 0 Å². The SMILES string of the molecule is CCNC(CN(C)C)C1CCOC2(CCOC2)C1. The minimum atomic E-state index is 0.0307. The van der Waals surface area contributed by atoms with Crippen molar-refractivity contribution in [3.05, 3.63) is 0 Å². The first-order valence-corrected chi connectivity index (χ1v) is 7.25. The van der Waals surface area contributed by atoms with Crippen molar-refractivity contribution in [3.8, 4) is 0 Å². The lowest BCUT2D eigenvalue weighted by atomic mass is 9.81. The Morgan fingerprint density at radius 3 is 2.83 bits per heavy atom. The van der Waals surface area contributed by atoms with E-state index in [9.17, 15) is 0 Å². The Bertz CT molecular complexity index is 252. The highest BCUT2D eigenvalue weighted by molar-refractivity contribution is 4.94. The summed E-state index contributed by atoms with van der Waals surface area (Å²) in [5, 5.41) is 3.65. The van der Waals surface area contributed by atoms with E-state index in [2.05, 4.69) is 31.2 Å². The second-order valence-electron chi connectivity index (χ2n) is 6.01. The number of hydrogen-bond donors (Lipinski definition) is 1. The van der Waals surface area contributed by atoms with E-state index in [1.54, 1.807) is 0 Å². The summed E-state index contributed by atoms with van der Waals surface area (Å²) in [6, 6.07) is 0.575. The Balaban J connectivity index is 1.96. The lowest BCUT2D eigenvalue weighted by Gasteiger charge is -2.41. The van der Waals surface area contributed by atoms with E-state index in [1.807, 2.05) is 0 Å². The third-order valence-corrected chi connectivity index (χ3v) is 4.20. The molecule has 0 saturated carbocycles. The van der Waals surface area contributed by atoms with Crippen LogP contribution in [0, 0.1) is 5.92 Å². The standard InChI is InChI=1S/C14H28N2O2/c1-4-15-13(10-16(2)3)12-5-7-18-14(9-12)6-8-17-11-14/h12-13,15H,4-11H2,1-3H3. The summed E-state index contributed by atoms with van der Waals surface area (Å²) in [6.45, 7) is 6.89. The molecule has 0 aromatic heterocycles. The molecule has 2 saturated heterocycles. The maximum atomic E-state index is 6.02. The zero-order chi connectivity index (χ0) is 13.0. The van der Waals surface area contributed by atoms with Crippen molar-refractivity contribution in [2.75, 3.05) is 47.0 Å². The molecular formula is C14H28N2O2. The molecule has 4 nitrogen and oxygen atoms in total. The molecule has 2 rings (SSSR count). The van der Waals surface area contributed by atoms with Crippen LogP contribution in [0.4, 0.5) is 0 Å². The summed E-state index contributed by atoms with van der Waals surface area (Å²) in [5.74, 6) is 0.711. The van der Waals surface area contributed by atoms with Gasteiger partial charge in [0.2, 0.25) is 0 Å². The summed E-state index contributed by atoms with van der Waals surface area (Å²) in [7, 11) is 4.30. The lowest BCUT2D eigenvalue weighted by molar-refractivity contribution is -0.103. The van der Waals surface area contributed by atoms with Crippen LogP contribution < -0.4 is 5.32 Å². The second kappa shape index (κ2) is 6.33. The van der Waals surface area contributed by atoms with Gasteiger partial charge < -0.3 is 19.7 Å². The lowest BCUT2D eigenvalue weighted by Crippen LogP contribution is -2.50. The Labute approximate surface area is 111 Å². The third-order valence-electron chi connectivity index (χ3n) is 4.20. The fourth-order valence-corrected chi connectivity index (χ4v) is 3.31. The summed E-state index contributed by atoms with van der Waals surface area (Å²) in [6.07, 6.45) is 3.40. The molecule has 2 aliphatic rings. The second-order valence-corrected chi connectivity index (χ2v) is 6.01. The number of likely N-dealkylation sites (N-methyl/N-ethyl adjacent to an activating group) is 2. The largest absolute Gasteiger partial charge is 0.378 e. The highest BCUT2D eigenvalue weighted by Gasteiger charge is 2.42. The van der Waals surface area contributed by atoms with Crippen molar-refractivity contribution in [3.63, 3.8) is 0 Å². The minimum absolute atomic E-state index is 0.0307. The smallest absolute Gasteiger partial charge is 0.0939 e. The molecule has 0 amide bonds. The van der Waals surface area contributed by atoms with E-state index in [4.69, 9.17) is 9.47 Å². The fraction of sp³-hybridized carbons (Fsp3) is 1.00. The molecule has 0 aliphatic carbocycles. The van der Waals surface area contributed by atoms with Crippen LogP contribution in [0.2, 0.25) is 0 Å². The van der Waals surface area contributed by atoms with Gasteiger partial charge in [0.25, 0.3) is 0 Å². The summed E-state index contributed by atoms with van der Waals surface area (Å²) < 4.78 is 11.6. The van der Waals surface area contributed by atoms with Crippen LogP contribution in [0.25, 0.3) is 0 Å². The van der Waals surface area contributed by atoms with Crippen molar-refractivity contribution in [1.29, 1.82) is 0 Å². The van der Waals surface area contributed by atoms with E-state index in [0.29, 0.717) is 12.0 Å². The first-order chi connectivity index (χ1) is 8.65. The van der Waals surface area contributed by atoms with E-state index in [1.165, 1.54) is 6.42 Å². The maximum Gasteiger partial charge on any atom is 0.0939 e. The van der Waals surface area contributed by atoms with Crippen LogP contribution in [0.3, 0.4) is 0 Å². The molecule has 1 N–H and O–H groups in total. The highest BCUT2D eigenvalue weighted by Crippen LogP contribution is 2.37. The first-order valence-electron chi connectivity index (χ1n) is 7.25. The molecule has 0 aromatic carbocycles. The zero-order valence-electron chi connectivity index (χ0n) is 12.1. The van der Waals surface area contributed by atoms with E-state index in [0.717, 1.165) is 45.8 Å². The number of nitrogens with zero attached hydrogens (tertiary/aromatic N) is 1. The topological polar surface area (TPSA) is 33.7 Å². The predicted molar refractivity (Wildman–Crippen MR) is 72.9 cm³/mol. The van der Waals surface area contributed by atoms with Gasteiger partial charge in [0.15, 0.2) is 0 Å². The van der Waals surface area contributed by atoms with E-state index >= 15 is 0 Å². The van der Waals surface area contributed by atoms with Gasteiger partial charge in [-0.2, -0.15) is 0 Å². The maximum absolute atomic E-state index is 6.02. The third kappa shape index (κ3) is 3.44. The van der Waals surface area contributed by atoms with Crippen molar-refractivity contribution < 1.29 is 9.47 Å². The van der Waals surface area contributed by atoms with Crippen LogP contribution >= 0.6 is 0 Å². The summed E-state index contributed by atoms with van der Waals surface area (Å²) in [5.41, 5.74) is 0.0307. The van der Waals surface area contributed by atoms with Crippen molar-refractivity contribution in [1.82, 2.24) is 10.2 Å². The van der Waals surface area contributed by atoms with Gasteiger partial charge in [-0.3, -0.25) is 0 Å². The van der Waals surface area contributed by atoms with Crippen LogP contribution in [-0.2, 0) is 9.47 Å². The van der Waals surface area contributed by atoms with E-state index in [-0.39, 0.29) is 5.60 Å². The fourth-order valence-electron chi connectivity index (χ4n) is 3.31. The van der Waals surface area contributed by atoms with Gasteiger partial charge in [-0.15, -0.1) is 0 Å². The van der Waals surface area contributed by atoms with Crippen molar-refractivity contribution in [2.45, 2.75) is 37.8 Å². The molecule has 3 atom stereocenters. The number of ether oxygens (including phenoxy) is 2. The molecule has 18 heavy (non-hydrogen) atoms. The molecule has 3 unspecified atom stereocenters. The summed E-state index contributed by atoms with van der Waals surface area (Å²) >= 11 is 0. The average molecular weight is 256 g/mol. The molecule has 2 aliphatic heterocycles. The molecule has 0 radical (unpaired) electrons. The molecule has 106 valence electrons. The zero-order valence-corrected chi connectivity index (χ0v) is 12.1. The molecule has 4 heteroatoms. The van der Waals surface area contributed by atoms with Crippen molar-refractivity contribution >= 4 is 0 Å². The highest BCUT2D eigenvalue weighted by atomic mass is 16.6. The van der Waals surface area contributed by atoms with Crippen molar-refractivity contribution in [2.24, 2.45) is 5.92 Å². The van der Waals surface area contributed by atoms with Crippen LogP contribution in [0.1, 0.15) is 26.2 Å². The van der Waals surface area contributed by atoms with Gasteiger partial charge in [0, 0.05) is 32.2 Å². The predicted octanol–water partition coefficient (Wildman–Crippen LogP) is 1.11. The Hall–Kier alpha value is -0.160. The van der Waals surface area contributed by atoms with Gasteiger partial charge in [-0.25, -0.2) is 0 Å².